The molecule has 162 valence electrons. The summed E-state index contributed by atoms with van der Waals surface area (Å²) in [6.07, 6.45) is 2.39. The summed E-state index contributed by atoms with van der Waals surface area (Å²) in [5, 5.41) is 9.07. The van der Waals surface area contributed by atoms with Crippen molar-refractivity contribution in [2.24, 2.45) is 5.73 Å². The van der Waals surface area contributed by atoms with Gasteiger partial charge in [-0.1, -0.05) is 41.9 Å². The van der Waals surface area contributed by atoms with Crippen molar-refractivity contribution in [3.05, 3.63) is 75.2 Å². The molecule has 0 aliphatic heterocycles. The first kappa shape index (κ1) is 22.5. The molecular weight excluding hydrogens is 416 g/mol. The van der Waals surface area contributed by atoms with E-state index in [0.29, 0.717) is 34.9 Å². The zero-order valence-electron chi connectivity index (χ0n) is 17.2. The van der Waals surface area contributed by atoms with Crippen LogP contribution in [0.4, 0.5) is 16.4 Å². The van der Waals surface area contributed by atoms with Crippen molar-refractivity contribution in [1.29, 1.82) is 0 Å². The summed E-state index contributed by atoms with van der Waals surface area (Å²) < 4.78 is 0. The van der Waals surface area contributed by atoms with Crippen LogP contribution in [0.25, 0.3) is 11.1 Å². The van der Waals surface area contributed by atoms with Gasteiger partial charge in [-0.2, -0.15) is 4.98 Å². The Bertz CT molecular complexity index is 1120. The number of rotatable bonds is 8. The number of hydrogen-bond acceptors (Lipinski definition) is 5. The lowest BCUT2D eigenvalue weighted by molar-refractivity contribution is 0.262. The van der Waals surface area contributed by atoms with Crippen LogP contribution in [-0.4, -0.2) is 29.1 Å². The number of H-pyrrole nitrogens is 1. The highest BCUT2D eigenvalue weighted by molar-refractivity contribution is 6.31. The zero-order chi connectivity index (χ0) is 22.2. The largest absolute Gasteiger partial charge is 0.331 e. The second kappa shape index (κ2) is 10.7. The number of urea groups is 1. The SMILES string of the molecule is Cc1ccccc1NC(=O)Nc1nc(=O)c(-c2ccc(CNCCCN)c(Cl)c2)c[nH]1. The highest BCUT2D eigenvalue weighted by Crippen LogP contribution is 2.23. The third-order valence-electron chi connectivity index (χ3n) is 4.66. The van der Waals surface area contributed by atoms with Crippen LogP contribution in [0.3, 0.4) is 0 Å². The van der Waals surface area contributed by atoms with Crippen LogP contribution in [0.15, 0.2) is 53.5 Å². The fourth-order valence-corrected chi connectivity index (χ4v) is 3.20. The van der Waals surface area contributed by atoms with Crippen LogP contribution in [0.5, 0.6) is 0 Å². The Kier molecular flexibility index (Phi) is 7.77. The number of amides is 2. The maximum Gasteiger partial charge on any atom is 0.326 e. The molecule has 0 aliphatic carbocycles. The molecule has 3 aromatic rings. The van der Waals surface area contributed by atoms with Gasteiger partial charge in [-0.15, -0.1) is 0 Å². The van der Waals surface area contributed by atoms with E-state index in [0.717, 1.165) is 24.1 Å². The summed E-state index contributed by atoms with van der Waals surface area (Å²) in [4.78, 5) is 31.5. The number of aromatic nitrogens is 2. The summed E-state index contributed by atoms with van der Waals surface area (Å²) in [5.74, 6) is 0.0478. The normalized spacial score (nSPS) is 10.7. The molecule has 31 heavy (non-hydrogen) atoms. The van der Waals surface area contributed by atoms with Crippen LogP contribution in [0.2, 0.25) is 5.02 Å². The maximum atomic E-state index is 12.5. The van der Waals surface area contributed by atoms with Crippen molar-refractivity contribution < 1.29 is 4.79 Å². The quantitative estimate of drug-likeness (QED) is 0.343. The van der Waals surface area contributed by atoms with E-state index in [9.17, 15) is 9.59 Å². The number of anilines is 2. The summed E-state index contributed by atoms with van der Waals surface area (Å²) in [6.45, 7) is 3.95. The monoisotopic (exact) mass is 440 g/mol. The Labute approximate surface area is 185 Å². The van der Waals surface area contributed by atoms with Gasteiger partial charge in [0.1, 0.15) is 0 Å². The summed E-state index contributed by atoms with van der Waals surface area (Å²) >= 11 is 6.37. The molecular formula is C22H25ClN6O2. The lowest BCUT2D eigenvalue weighted by atomic mass is 10.1. The number of nitrogens with zero attached hydrogens (tertiary/aromatic N) is 1. The molecule has 2 aromatic carbocycles. The molecule has 0 bridgehead atoms. The number of halogens is 1. The van der Waals surface area contributed by atoms with Gasteiger partial charge in [-0.05, 0) is 55.3 Å². The van der Waals surface area contributed by atoms with Crippen molar-refractivity contribution in [2.75, 3.05) is 23.7 Å². The lowest BCUT2D eigenvalue weighted by Gasteiger charge is -2.10. The zero-order valence-corrected chi connectivity index (χ0v) is 17.9. The van der Waals surface area contributed by atoms with Crippen LogP contribution in [0, 0.1) is 6.92 Å². The highest BCUT2D eigenvalue weighted by atomic mass is 35.5. The first-order valence-corrected chi connectivity index (χ1v) is 10.3. The second-order valence-electron chi connectivity index (χ2n) is 6.99. The number of nitrogens with one attached hydrogen (secondary N) is 4. The first-order chi connectivity index (χ1) is 15.0. The number of para-hydroxylation sites is 1. The van der Waals surface area contributed by atoms with Gasteiger partial charge in [0.2, 0.25) is 5.95 Å². The maximum absolute atomic E-state index is 12.5. The Balaban J connectivity index is 1.68. The average molecular weight is 441 g/mol. The third-order valence-corrected chi connectivity index (χ3v) is 5.01. The predicted molar refractivity (Wildman–Crippen MR) is 125 cm³/mol. The smallest absolute Gasteiger partial charge is 0.326 e. The van der Waals surface area contributed by atoms with Crippen molar-refractivity contribution >= 4 is 29.3 Å². The van der Waals surface area contributed by atoms with E-state index in [2.05, 4.69) is 25.9 Å². The van der Waals surface area contributed by atoms with E-state index in [-0.39, 0.29) is 5.95 Å². The van der Waals surface area contributed by atoms with Gasteiger partial charge < -0.3 is 21.4 Å². The number of aromatic amines is 1. The Hall–Kier alpha value is -3.20. The minimum atomic E-state index is -0.500. The van der Waals surface area contributed by atoms with E-state index < -0.39 is 11.6 Å². The second-order valence-corrected chi connectivity index (χ2v) is 7.39. The molecule has 0 saturated heterocycles. The number of carbonyl (C=O) groups is 1. The van der Waals surface area contributed by atoms with Crippen LogP contribution < -0.4 is 27.2 Å². The van der Waals surface area contributed by atoms with Crippen LogP contribution in [0.1, 0.15) is 17.5 Å². The van der Waals surface area contributed by atoms with Gasteiger partial charge in [0.15, 0.2) is 0 Å². The Morgan fingerprint density at radius 3 is 2.71 bits per heavy atom. The van der Waals surface area contributed by atoms with Crippen molar-refractivity contribution in [2.45, 2.75) is 19.9 Å². The van der Waals surface area contributed by atoms with E-state index in [1.807, 2.05) is 37.3 Å². The topological polar surface area (TPSA) is 125 Å². The third kappa shape index (κ3) is 6.14. The predicted octanol–water partition coefficient (Wildman–Crippen LogP) is 3.48. The van der Waals surface area contributed by atoms with Gasteiger partial charge in [0.25, 0.3) is 5.56 Å². The standard InChI is InChI=1S/C22H25ClN6O2/c1-14-5-2-3-6-19(14)27-22(31)29-21-26-13-17(20(30)28-21)15-7-8-16(18(23)11-15)12-25-10-4-9-24/h2-3,5-8,11,13,25H,4,9-10,12,24H2,1H3,(H3,26,27,28,29,30,31). The van der Waals surface area contributed by atoms with Gasteiger partial charge in [0.05, 0.1) is 5.56 Å². The molecule has 0 radical (unpaired) electrons. The number of hydrogen-bond donors (Lipinski definition) is 5. The number of aryl methyl sites for hydroxylation is 1. The average Bonchev–Trinajstić information content (AvgIpc) is 2.74. The van der Waals surface area contributed by atoms with E-state index >= 15 is 0 Å². The molecule has 1 heterocycles. The molecule has 0 unspecified atom stereocenters. The van der Waals surface area contributed by atoms with Gasteiger partial charge in [-0.3, -0.25) is 10.1 Å². The summed E-state index contributed by atoms with van der Waals surface area (Å²) in [5.41, 5.74) is 8.52. The minimum absolute atomic E-state index is 0.0478. The highest BCUT2D eigenvalue weighted by Gasteiger charge is 2.11. The van der Waals surface area contributed by atoms with Crippen molar-refractivity contribution in [3.8, 4) is 11.1 Å². The molecule has 0 spiro atoms. The fourth-order valence-electron chi connectivity index (χ4n) is 2.95. The summed E-state index contributed by atoms with van der Waals surface area (Å²) in [7, 11) is 0. The Morgan fingerprint density at radius 2 is 2.00 bits per heavy atom. The van der Waals surface area contributed by atoms with Crippen molar-refractivity contribution in [1.82, 2.24) is 15.3 Å². The molecule has 3 rings (SSSR count). The number of carbonyl (C=O) groups excluding carboxylic acids is 1. The molecule has 8 nitrogen and oxygen atoms in total. The van der Waals surface area contributed by atoms with Crippen LogP contribution >= 0.6 is 11.6 Å². The van der Waals surface area contributed by atoms with Gasteiger partial charge in [0, 0.05) is 23.5 Å². The van der Waals surface area contributed by atoms with Gasteiger partial charge >= 0.3 is 6.03 Å². The number of benzene rings is 2. The molecule has 1 aromatic heterocycles. The van der Waals surface area contributed by atoms with Crippen molar-refractivity contribution in [3.63, 3.8) is 0 Å². The molecule has 0 saturated carbocycles. The molecule has 0 atom stereocenters. The molecule has 0 fully saturated rings. The molecule has 9 heteroatoms. The Morgan fingerprint density at radius 1 is 1.19 bits per heavy atom. The van der Waals surface area contributed by atoms with E-state index in [1.54, 1.807) is 12.1 Å². The first-order valence-electron chi connectivity index (χ1n) is 9.91. The molecule has 2 amide bonds. The fraction of sp³-hybridized carbons (Fsp3) is 0.227. The molecule has 0 aliphatic rings. The minimum Gasteiger partial charge on any atom is -0.331 e. The van der Waals surface area contributed by atoms with Crippen LogP contribution in [-0.2, 0) is 6.54 Å². The molecule has 6 N–H and O–H groups in total. The number of nitrogens with two attached hydrogens (primary N) is 1. The summed E-state index contributed by atoms with van der Waals surface area (Å²) in [6, 6.07) is 12.3. The van der Waals surface area contributed by atoms with E-state index in [4.69, 9.17) is 17.3 Å². The van der Waals surface area contributed by atoms with Gasteiger partial charge in [-0.25, -0.2) is 4.79 Å². The lowest BCUT2D eigenvalue weighted by Crippen LogP contribution is -2.23. The van der Waals surface area contributed by atoms with E-state index in [1.165, 1.54) is 6.20 Å².